The van der Waals surface area contributed by atoms with Crippen LogP contribution in [0.2, 0.25) is 0 Å². The zero-order chi connectivity index (χ0) is 13.8. The van der Waals surface area contributed by atoms with Gasteiger partial charge in [-0.3, -0.25) is 0 Å². The van der Waals surface area contributed by atoms with E-state index in [1.54, 1.807) is 0 Å². The third-order valence-corrected chi connectivity index (χ3v) is 3.96. The van der Waals surface area contributed by atoms with Crippen molar-refractivity contribution >= 4 is 5.97 Å². The van der Waals surface area contributed by atoms with E-state index >= 15 is 0 Å². The van der Waals surface area contributed by atoms with Crippen LogP contribution in [0.3, 0.4) is 0 Å². The van der Waals surface area contributed by atoms with Crippen LogP contribution in [0, 0.1) is 11.7 Å². The lowest BCUT2D eigenvalue weighted by molar-refractivity contribution is 0.0696. The summed E-state index contributed by atoms with van der Waals surface area (Å²) in [5.41, 5.74) is 0.563. The molecular weight excluding hydrogens is 245 g/mol. The number of halogens is 1. The lowest BCUT2D eigenvalue weighted by atomic mass is 9.86. The standard InChI is InChI=1S/C15H20FNO2/c1-10-4-2-3-5-14(10)17-9-12-8-11(15(18)19)6-7-13(12)16/h6-8,10,14,17H,2-5,9H2,1H3,(H,18,19). The van der Waals surface area contributed by atoms with Gasteiger partial charge in [-0.25, -0.2) is 9.18 Å². The van der Waals surface area contributed by atoms with Gasteiger partial charge in [-0.2, -0.15) is 0 Å². The van der Waals surface area contributed by atoms with Gasteiger partial charge in [0.05, 0.1) is 5.56 Å². The number of hydrogen-bond donors (Lipinski definition) is 2. The molecule has 3 nitrogen and oxygen atoms in total. The van der Waals surface area contributed by atoms with E-state index in [-0.39, 0.29) is 11.4 Å². The topological polar surface area (TPSA) is 49.3 Å². The highest BCUT2D eigenvalue weighted by molar-refractivity contribution is 5.87. The van der Waals surface area contributed by atoms with Crippen molar-refractivity contribution in [1.29, 1.82) is 0 Å². The number of carbonyl (C=O) groups is 1. The summed E-state index contributed by atoms with van der Waals surface area (Å²) < 4.78 is 13.7. The normalized spacial score (nSPS) is 23.3. The van der Waals surface area contributed by atoms with Crippen molar-refractivity contribution in [2.24, 2.45) is 5.92 Å². The summed E-state index contributed by atoms with van der Waals surface area (Å²) in [7, 11) is 0. The van der Waals surface area contributed by atoms with Gasteiger partial charge in [0.2, 0.25) is 0 Å². The maximum Gasteiger partial charge on any atom is 0.335 e. The van der Waals surface area contributed by atoms with E-state index in [0.717, 1.165) is 6.42 Å². The molecule has 2 unspecified atom stereocenters. The van der Waals surface area contributed by atoms with Crippen LogP contribution in [0.25, 0.3) is 0 Å². The fourth-order valence-corrected chi connectivity index (χ4v) is 2.70. The van der Waals surface area contributed by atoms with Crippen molar-refractivity contribution in [3.05, 3.63) is 35.1 Å². The van der Waals surface area contributed by atoms with E-state index < -0.39 is 5.97 Å². The summed E-state index contributed by atoms with van der Waals surface area (Å²) >= 11 is 0. The van der Waals surface area contributed by atoms with Gasteiger partial charge in [-0.05, 0) is 37.0 Å². The second-order valence-electron chi connectivity index (χ2n) is 5.36. The lowest BCUT2D eigenvalue weighted by Crippen LogP contribution is -2.36. The zero-order valence-corrected chi connectivity index (χ0v) is 11.2. The Bertz CT molecular complexity index is 461. The van der Waals surface area contributed by atoms with Crippen LogP contribution in [0.1, 0.15) is 48.5 Å². The molecule has 0 bridgehead atoms. The van der Waals surface area contributed by atoms with Crippen LogP contribution >= 0.6 is 0 Å². The Morgan fingerprint density at radius 1 is 1.42 bits per heavy atom. The number of rotatable bonds is 4. The Morgan fingerprint density at radius 2 is 2.16 bits per heavy atom. The van der Waals surface area contributed by atoms with Crippen molar-refractivity contribution < 1.29 is 14.3 Å². The molecule has 19 heavy (non-hydrogen) atoms. The molecule has 1 aromatic rings. The smallest absolute Gasteiger partial charge is 0.335 e. The molecule has 0 saturated heterocycles. The average molecular weight is 265 g/mol. The van der Waals surface area contributed by atoms with E-state index in [1.807, 2.05) is 0 Å². The van der Waals surface area contributed by atoms with Gasteiger partial charge in [0, 0.05) is 18.2 Å². The SMILES string of the molecule is CC1CCCCC1NCc1cc(C(=O)O)ccc1F. The molecular formula is C15H20FNO2. The molecule has 0 aromatic heterocycles. The number of nitrogens with one attached hydrogen (secondary N) is 1. The summed E-state index contributed by atoms with van der Waals surface area (Å²) in [5, 5.41) is 12.3. The molecule has 0 aliphatic heterocycles. The lowest BCUT2D eigenvalue weighted by Gasteiger charge is -2.29. The summed E-state index contributed by atoms with van der Waals surface area (Å²) in [6.45, 7) is 2.60. The number of carboxylic acids is 1. The molecule has 1 saturated carbocycles. The summed E-state index contributed by atoms with van der Waals surface area (Å²) in [6, 6.07) is 4.34. The Labute approximate surface area is 112 Å². The predicted molar refractivity (Wildman–Crippen MR) is 71.6 cm³/mol. The van der Waals surface area contributed by atoms with Gasteiger partial charge in [0.15, 0.2) is 0 Å². The van der Waals surface area contributed by atoms with E-state index in [0.29, 0.717) is 24.1 Å². The molecule has 0 heterocycles. The number of benzene rings is 1. The van der Waals surface area contributed by atoms with Crippen LogP contribution in [-0.2, 0) is 6.54 Å². The largest absolute Gasteiger partial charge is 0.478 e. The Morgan fingerprint density at radius 3 is 2.84 bits per heavy atom. The Balaban J connectivity index is 2.02. The zero-order valence-electron chi connectivity index (χ0n) is 11.2. The highest BCUT2D eigenvalue weighted by atomic mass is 19.1. The molecule has 104 valence electrons. The first kappa shape index (κ1) is 14.0. The minimum Gasteiger partial charge on any atom is -0.478 e. The number of carboxylic acid groups (broad SMARTS) is 1. The van der Waals surface area contributed by atoms with E-state index in [1.165, 1.54) is 37.5 Å². The van der Waals surface area contributed by atoms with Crippen molar-refractivity contribution in [2.45, 2.75) is 45.2 Å². The van der Waals surface area contributed by atoms with Gasteiger partial charge in [-0.1, -0.05) is 19.8 Å². The Hall–Kier alpha value is -1.42. The quantitative estimate of drug-likeness (QED) is 0.879. The van der Waals surface area contributed by atoms with Crippen LogP contribution in [0.5, 0.6) is 0 Å². The summed E-state index contributed by atoms with van der Waals surface area (Å²) in [6.07, 6.45) is 4.79. The maximum absolute atomic E-state index is 13.7. The first-order valence-corrected chi connectivity index (χ1v) is 6.83. The van der Waals surface area contributed by atoms with Gasteiger partial charge in [0.1, 0.15) is 5.82 Å². The van der Waals surface area contributed by atoms with Crippen molar-refractivity contribution in [1.82, 2.24) is 5.32 Å². The molecule has 1 aromatic carbocycles. The maximum atomic E-state index is 13.7. The molecule has 1 fully saturated rings. The average Bonchev–Trinajstić information content (AvgIpc) is 2.39. The molecule has 0 radical (unpaired) electrons. The van der Waals surface area contributed by atoms with Crippen LogP contribution in [-0.4, -0.2) is 17.1 Å². The summed E-state index contributed by atoms with van der Waals surface area (Å²) in [4.78, 5) is 10.9. The van der Waals surface area contributed by atoms with Gasteiger partial charge >= 0.3 is 5.97 Å². The van der Waals surface area contributed by atoms with Crippen molar-refractivity contribution in [3.63, 3.8) is 0 Å². The number of hydrogen-bond acceptors (Lipinski definition) is 2. The fraction of sp³-hybridized carbons (Fsp3) is 0.533. The fourth-order valence-electron chi connectivity index (χ4n) is 2.70. The highest BCUT2D eigenvalue weighted by Gasteiger charge is 2.21. The van der Waals surface area contributed by atoms with E-state index in [9.17, 15) is 9.18 Å². The van der Waals surface area contributed by atoms with Crippen LogP contribution in [0.15, 0.2) is 18.2 Å². The minimum atomic E-state index is -1.02. The second kappa shape index (κ2) is 6.15. The molecule has 0 spiro atoms. The van der Waals surface area contributed by atoms with Gasteiger partial charge < -0.3 is 10.4 Å². The molecule has 2 atom stereocenters. The highest BCUT2D eigenvalue weighted by Crippen LogP contribution is 2.24. The van der Waals surface area contributed by atoms with Crippen molar-refractivity contribution in [3.8, 4) is 0 Å². The third kappa shape index (κ3) is 3.53. The molecule has 2 rings (SSSR count). The molecule has 1 aliphatic rings. The molecule has 0 amide bonds. The molecule has 2 N–H and O–H groups in total. The molecule has 1 aliphatic carbocycles. The van der Waals surface area contributed by atoms with Crippen LogP contribution < -0.4 is 5.32 Å². The van der Waals surface area contributed by atoms with E-state index in [2.05, 4.69) is 12.2 Å². The second-order valence-corrected chi connectivity index (χ2v) is 5.36. The van der Waals surface area contributed by atoms with Crippen LogP contribution in [0.4, 0.5) is 4.39 Å². The predicted octanol–water partition coefficient (Wildman–Crippen LogP) is 3.19. The Kier molecular flexibility index (Phi) is 4.53. The summed E-state index contributed by atoms with van der Waals surface area (Å²) in [5.74, 6) is -0.771. The monoisotopic (exact) mass is 265 g/mol. The third-order valence-electron chi connectivity index (χ3n) is 3.96. The first-order chi connectivity index (χ1) is 9.08. The first-order valence-electron chi connectivity index (χ1n) is 6.83. The van der Waals surface area contributed by atoms with E-state index in [4.69, 9.17) is 5.11 Å². The van der Waals surface area contributed by atoms with Gasteiger partial charge in [0.25, 0.3) is 0 Å². The van der Waals surface area contributed by atoms with Crippen molar-refractivity contribution in [2.75, 3.05) is 0 Å². The minimum absolute atomic E-state index is 0.134. The van der Waals surface area contributed by atoms with Gasteiger partial charge in [-0.15, -0.1) is 0 Å². The molecule has 4 heteroatoms. The number of aromatic carboxylic acids is 1.